The first kappa shape index (κ1) is 12.0. The summed E-state index contributed by atoms with van der Waals surface area (Å²) in [6, 6.07) is 12.5. The number of rotatable bonds is 3. The molecule has 1 aliphatic heterocycles. The second kappa shape index (κ2) is 4.92. The first-order chi connectivity index (χ1) is 9.25. The molecule has 0 aliphatic carbocycles. The number of aryl methyl sites for hydroxylation is 1. The van der Waals surface area contributed by atoms with Crippen LogP contribution in [0.25, 0.3) is 10.8 Å². The van der Waals surface area contributed by atoms with E-state index in [0.717, 1.165) is 35.6 Å². The van der Waals surface area contributed by atoms with Gasteiger partial charge in [-0.2, -0.15) is 0 Å². The fourth-order valence-corrected chi connectivity index (χ4v) is 2.43. The van der Waals surface area contributed by atoms with E-state index < -0.39 is 0 Å². The molecule has 0 aromatic heterocycles. The standard InChI is InChI=1S/C16H18N2O/c1-11-7-8-13-5-3-4-6-14(13)15(11)19-12(2)16-17-9-10-18-16/h3-8,12H,9-10H2,1-2H3,(H,17,18)/t12-/m1/s1. The summed E-state index contributed by atoms with van der Waals surface area (Å²) in [4.78, 5) is 4.42. The smallest absolute Gasteiger partial charge is 0.152 e. The van der Waals surface area contributed by atoms with Crippen molar-refractivity contribution in [1.82, 2.24) is 5.32 Å². The number of hydrogen-bond acceptors (Lipinski definition) is 3. The van der Waals surface area contributed by atoms with Crippen molar-refractivity contribution in [3.63, 3.8) is 0 Å². The molecule has 0 bridgehead atoms. The first-order valence-electron chi connectivity index (χ1n) is 6.69. The average molecular weight is 254 g/mol. The van der Waals surface area contributed by atoms with Crippen LogP contribution in [0.5, 0.6) is 5.75 Å². The van der Waals surface area contributed by atoms with Gasteiger partial charge >= 0.3 is 0 Å². The number of nitrogens with zero attached hydrogens (tertiary/aromatic N) is 1. The number of hydrogen-bond donors (Lipinski definition) is 1. The minimum atomic E-state index is -0.0352. The Hall–Kier alpha value is -2.03. The van der Waals surface area contributed by atoms with E-state index in [1.165, 1.54) is 5.39 Å². The van der Waals surface area contributed by atoms with Crippen LogP contribution < -0.4 is 10.1 Å². The number of benzene rings is 2. The van der Waals surface area contributed by atoms with E-state index in [2.05, 4.69) is 41.5 Å². The minimum Gasteiger partial charge on any atom is -0.482 e. The third-order valence-corrected chi connectivity index (χ3v) is 3.46. The normalized spacial score (nSPS) is 16.0. The number of amidine groups is 1. The molecule has 0 unspecified atom stereocenters. The van der Waals surface area contributed by atoms with Crippen molar-refractivity contribution in [2.45, 2.75) is 20.0 Å². The van der Waals surface area contributed by atoms with Crippen molar-refractivity contribution in [3.8, 4) is 5.75 Å². The van der Waals surface area contributed by atoms with Gasteiger partial charge < -0.3 is 10.1 Å². The molecule has 19 heavy (non-hydrogen) atoms. The molecule has 3 heteroatoms. The van der Waals surface area contributed by atoms with E-state index in [1.807, 2.05) is 19.1 Å². The number of fused-ring (bicyclic) bond motifs is 1. The zero-order valence-corrected chi connectivity index (χ0v) is 11.3. The molecular formula is C16H18N2O. The maximum absolute atomic E-state index is 6.15. The molecule has 0 spiro atoms. The highest BCUT2D eigenvalue weighted by Gasteiger charge is 2.17. The van der Waals surface area contributed by atoms with Crippen LogP contribution in [0.1, 0.15) is 12.5 Å². The molecule has 3 rings (SSSR count). The fraction of sp³-hybridized carbons (Fsp3) is 0.312. The molecule has 1 N–H and O–H groups in total. The number of aliphatic imine (C=N–C) groups is 1. The second-order valence-corrected chi connectivity index (χ2v) is 4.89. The lowest BCUT2D eigenvalue weighted by Crippen LogP contribution is -2.33. The lowest BCUT2D eigenvalue weighted by Gasteiger charge is -2.18. The summed E-state index contributed by atoms with van der Waals surface area (Å²) in [5, 5.41) is 5.63. The molecule has 2 aromatic rings. The fourth-order valence-electron chi connectivity index (χ4n) is 2.43. The lowest BCUT2D eigenvalue weighted by molar-refractivity contribution is 0.285. The Kier molecular flexibility index (Phi) is 3.11. The monoisotopic (exact) mass is 254 g/mol. The second-order valence-electron chi connectivity index (χ2n) is 4.89. The highest BCUT2D eigenvalue weighted by Crippen LogP contribution is 2.30. The predicted octanol–water partition coefficient (Wildman–Crippen LogP) is 2.92. The van der Waals surface area contributed by atoms with E-state index in [4.69, 9.17) is 4.74 Å². The van der Waals surface area contributed by atoms with Gasteiger partial charge in [0.1, 0.15) is 11.6 Å². The van der Waals surface area contributed by atoms with Crippen LogP contribution in [0.3, 0.4) is 0 Å². The molecule has 0 saturated carbocycles. The van der Waals surface area contributed by atoms with Crippen LogP contribution in [0.15, 0.2) is 41.4 Å². The van der Waals surface area contributed by atoms with Crippen LogP contribution in [-0.4, -0.2) is 25.0 Å². The van der Waals surface area contributed by atoms with E-state index >= 15 is 0 Å². The predicted molar refractivity (Wildman–Crippen MR) is 79.1 cm³/mol. The van der Waals surface area contributed by atoms with Gasteiger partial charge in [0.25, 0.3) is 0 Å². The molecule has 0 radical (unpaired) electrons. The largest absolute Gasteiger partial charge is 0.482 e. The highest BCUT2D eigenvalue weighted by molar-refractivity contribution is 5.91. The van der Waals surface area contributed by atoms with Crippen molar-refractivity contribution in [2.24, 2.45) is 4.99 Å². The van der Waals surface area contributed by atoms with Crippen LogP contribution in [0, 0.1) is 6.92 Å². The maximum atomic E-state index is 6.15. The summed E-state index contributed by atoms with van der Waals surface area (Å²) in [7, 11) is 0. The van der Waals surface area contributed by atoms with Crippen LogP contribution in [-0.2, 0) is 0 Å². The van der Waals surface area contributed by atoms with Gasteiger partial charge in [0.15, 0.2) is 6.10 Å². The molecule has 0 fully saturated rings. The highest BCUT2D eigenvalue weighted by atomic mass is 16.5. The maximum Gasteiger partial charge on any atom is 0.152 e. The van der Waals surface area contributed by atoms with E-state index in [9.17, 15) is 0 Å². The van der Waals surface area contributed by atoms with Crippen LogP contribution >= 0.6 is 0 Å². The molecule has 0 amide bonds. The Balaban J connectivity index is 1.97. The van der Waals surface area contributed by atoms with Crippen LogP contribution in [0.4, 0.5) is 0 Å². The minimum absolute atomic E-state index is 0.0352. The van der Waals surface area contributed by atoms with Gasteiger partial charge in [-0.15, -0.1) is 0 Å². The van der Waals surface area contributed by atoms with Crippen LogP contribution in [0.2, 0.25) is 0 Å². The molecule has 98 valence electrons. The molecule has 3 nitrogen and oxygen atoms in total. The molecule has 1 heterocycles. The summed E-state index contributed by atoms with van der Waals surface area (Å²) in [5.41, 5.74) is 1.16. The lowest BCUT2D eigenvalue weighted by atomic mass is 10.1. The zero-order valence-electron chi connectivity index (χ0n) is 11.3. The van der Waals surface area contributed by atoms with Gasteiger partial charge in [0.2, 0.25) is 0 Å². The molecular weight excluding hydrogens is 236 g/mol. The van der Waals surface area contributed by atoms with Gasteiger partial charge in [0, 0.05) is 11.9 Å². The van der Waals surface area contributed by atoms with Crippen molar-refractivity contribution in [3.05, 3.63) is 42.0 Å². The number of nitrogens with one attached hydrogen (secondary N) is 1. The van der Waals surface area contributed by atoms with Crippen molar-refractivity contribution < 1.29 is 4.74 Å². The molecule has 1 atom stereocenters. The zero-order chi connectivity index (χ0) is 13.2. The van der Waals surface area contributed by atoms with Gasteiger partial charge in [0.05, 0.1) is 6.54 Å². The summed E-state index contributed by atoms with van der Waals surface area (Å²) >= 11 is 0. The Bertz CT molecular complexity index is 634. The Morgan fingerprint density at radius 3 is 2.84 bits per heavy atom. The van der Waals surface area contributed by atoms with Crippen molar-refractivity contribution in [1.29, 1.82) is 0 Å². The quantitative estimate of drug-likeness (QED) is 0.913. The van der Waals surface area contributed by atoms with Gasteiger partial charge in [-0.3, -0.25) is 4.99 Å². The first-order valence-corrected chi connectivity index (χ1v) is 6.69. The van der Waals surface area contributed by atoms with E-state index in [-0.39, 0.29) is 6.10 Å². The van der Waals surface area contributed by atoms with E-state index in [1.54, 1.807) is 0 Å². The SMILES string of the molecule is Cc1ccc2ccccc2c1O[C@H](C)C1=NCCN1. The summed E-state index contributed by atoms with van der Waals surface area (Å²) in [6.45, 7) is 5.88. The van der Waals surface area contributed by atoms with Crippen molar-refractivity contribution in [2.75, 3.05) is 13.1 Å². The van der Waals surface area contributed by atoms with Gasteiger partial charge in [-0.1, -0.05) is 36.4 Å². The Morgan fingerprint density at radius 1 is 1.21 bits per heavy atom. The molecule has 2 aromatic carbocycles. The summed E-state index contributed by atoms with van der Waals surface area (Å²) in [6.07, 6.45) is -0.0352. The molecule has 0 saturated heterocycles. The summed E-state index contributed by atoms with van der Waals surface area (Å²) in [5.74, 6) is 1.91. The van der Waals surface area contributed by atoms with E-state index in [0.29, 0.717) is 0 Å². The topological polar surface area (TPSA) is 33.6 Å². The van der Waals surface area contributed by atoms with Gasteiger partial charge in [-0.25, -0.2) is 0 Å². The molecule has 1 aliphatic rings. The third-order valence-electron chi connectivity index (χ3n) is 3.46. The number of ether oxygens (including phenoxy) is 1. The third kappa shape index (κ3) is 2.28. The van der Waals surface area contributed by atoms with Crippen molar-refractivity contribution >= 4 is 16.6 Å². The average Bonchev–Trinajstić information content (AvgIpc) is 2.96. The summed E-state index contributed by atoms with van der Waals surface area (Å²) < 4.78 is 6.15. The van der Waals surface area contributed by atoms with Gasteiger partial charge in [-0.05, 0) is 24.8 Å². The Morgan fingerprint density at radius 2 is 2.05 bits per heavy atom. The Labute approximate surface area is 113 Å².